The van der Waals surface area contributed by atoms with Crippen LogP contribution in [-0.4, -0.2) is 46.2 Å². The summed E-state index contributed by atoms with van der Waals surface area (Å²) in [6.07, 6.45) is 1.42. The molecule has 0 radical (unpaired) electrons. The van der Waals surface area contributed by atoms with E-state index in [1.54, 1.807) is 0 Å². The topological polar surface area (TPSA) is 129 Å². The third-order valence-electron chi connectivity index (χ3n) is 2.44. The Kier molecular flexibility index (Phi) is 1.99. The van der Waals surface area contributed by atoms with E-state index >= 15 is 0 Å². The summed E-state index contributed by atoms with van der Waals surface area (Å²) in [6, 6.07) is 2.77. The Morgan fingerprint density at radius 2 is 2.22 bits per heavy atom. The van der Waals surface area contributed by atoms with E-state index in [4.69, 9.17) is 5.11 Å². The van der Waals surface area contributed by atoms with Gasteiger partial charge in [0.1, 0.15) is 17.1 Å². The standard InChI is InChI=1S/C9H6N6O3/c16-5-1-2-6-10-3-4(8-11-13-14-12-8)15(6)7(5)9(17)18/h1-3,16H,(H,17,18)(H,11,12,13,14). The van der Waals surface area contributed by atoms with Gasteiger partial charge in [0, 0.05) is 0 Å². The molecule has 3 aromatic rings. The number of nitrogens with one attached hydrogen (secondary N) is 1. The number of hydrogen-bond acceptors (Lipinski definition) is 6. The fraction of sp³-hybridized carbons (Fsp3) is 0. The van der Waals surface area contributed by atoms with E-state index in [-0.39, 0.29) is 17.3 Å². The Bertz CT molecular complexity index is 732. The molecule has 3 rings (SSSR count). The Hall–Kier alpha value is -2.97. The first-order valence-electron chi connectivity index (χ1n) is 4.85. The van der Waals surface area contributed by atoms with Gasteiger partial charge in [0.15, 0.2) is 11.5 Å². The van der Waals surface area contributed by atoms with Crippen molar-refractivity contribution in [1.29, 1.82) is 0 Å². The number of aromatic amines is 1. The minimum Gasteiger partial charge on any atom is -0.505 e. The van der Waals surface area contributed by atoms with Crippen molar-refractivity contribution in [1.82, 2.24) is 30.0 Å². The van der Waals surface area contributed by atoms with E-state index in [2.05, 4.69) is 25.6 Å². The van der Waals surface area contributed by atoms with Gasteiger partial charge in [-0.3, -0.25) is 4.40 Å². The number of tetrazole rings is 1. The van der Waals surface area contributed by atoms with Crippen molar-refractivity contribution in [2.45, 2.75) is 0 Å². The predicted molar refractivity (Wildman–Crippen MR) is 57.0 cm³/mol. The molecule has 0 bridgehead atoms. The Morgan fingerprint density at radius 1 is 1.39 bits per heavy atom. The summed E-state index contributed by atoms with van der Waals surface area (Å²) >= 11 is 0. The highest BCUT2D eigenvalue weighted by Crippen LogP contribution is 2.24. The highest BCUT2D eigenvalue weighted by Gasteiger charge is 2.19. The number of aromatic carboxylic acids is 1. The molecule has 0 aromatic carbocycles. The number of pyridine rings is 1. The molecule has 0 aliphatic carbocycles. The fourth-order valence-electron chi connectivity index (χ4n) is 1.71. The zero-order valence-electron chi connectivity index (χ0n) is 8.77. The minimum absolute atomic E-state index is 0.260. The SMILES string of the molecule is O=C(O)c1c(O)ccc2ncc(-c3nnn[nH]3)n12. The lowest BCUT2D eigenvalue weighted by Crippen LogP contribution is -2.06. The summed E-state index contributed by atoms with van der Waals surface area (Å²) < 4.78 is 1.26. The van der Waals surface area contributed by atoms with Gasteiger partial charge in [0.25, 0.3) is 0 Å². The molecule has 3 heterocycles. The van der Waals surface area contributed by atoms with Crippen LogP contribution < -0.4 is 0 Å². The summed E-state index contributed by atoms with van der Waals surface area (Å²) in [5, 5.41) is 31.8. The fourth-order valence-corrected chi connectivity index (χ4v) is 1.71. The van der Waals surface area contributed by atoms with Crippen LogP contribution in [0.1, 0.15) is 10.5 Å². The zero-order valence-corrected chi connectivity index (χ0v) is 8.77. The van der Waals surface area contributed by atoms with Crippen LogP contribution in [0.15, 0.2) is 18.3 Å². The number of nitrogens with zero attached hydrogens (tertiary/aromatic N) is 5. The second-order valence-corrected chi connectivity index (χ2v) is 3.46. The molecular formula is C9H6N6O3. The molecule has 0 amide bonds. The predicted octanol–water partition coefficient (Wildman–Crippen LogP) is -0.0818. The number of carboxylic acids is 1. The summed E-state index contributed by atoms with van der Waals surface area (Å²) in [5.74, 6) is -1.37. The van der Waals surface area contributed by atoms with E-state index in [1.807, 2.05) is 0 Å². The molecule has 90 valence electrons. The summed E-state index contributed by atoms with van der Waals surface area (Å²) in [7, 11) is 0. The number of aromatic hydroxyl groups is 1. The second-order valence-electron chi connectivity index (χ2n) is 3.46. The lowest BCUT2D eigenvalue weighted by Gasteiger charge is -2.05. The van der Waals surface area contributed by atoms with Crippen LogP contribution in [0.25, 0.3) is 17.2 Å². The normalized spacial score (nSPS) is 10.9. The molecule has 9 nitrogen and oxygen atoms in total. The highest BCUT2D eigenvalue weighted by molar-refractivity contribution is 5.90. The van der Waals surface area contributed by atoms with Crippen molar-refractivity contribution in [3.63, 3.8) is 0 Å². The lowest BCUT2D eigenvalue weighted by atomic mass is 10.3. The third kappa shape index (κ3) is 1.30. The van der Waals surface area contributed by atoms with Gasteiger partial charge in [-0.2, -0.15) is 0 Å². The van der Waals surface area contributed by atoms with Gasteiger partial charge in [0.05, 0.1) is 6.20 Å². The van der Waals surface area contributed by atoms with Gasteiger partial charge in [-0.15, -0.1) is 5.10 Å². The number of carboxylic acid groups (broad SMARTS) is 1. The van der Waals surface area contributed by atoms with Crippen molar-refractivity contribution < 1.29 is 15.0 Å². The molecule has 9 heteroatoms. The molecule has 0 fully saturated rings. The maximum atomic E-state index is 11.2. The average Bonchev–Trinajstić information content (AvgIpc) is 2.95. The molecule has 0 aliphatic heterocycles. The van der Waals surface area contributed by atoms with Crippen molar-refractivity contribution in [2.75, 3.05) is 0 Å². The van der Waals surface area contributed by atoms with Gasteiger partial charge in [-0.1, -0.05) is 0 Å². The van der Waals surface area contributed by atoms with Crippen LogP contribution in [0.2, 0.25) is 0 Å². The first-order valence-corrected chi connectivity index (χ1v) is 4.85. The number of rotatable bonds is 2. The number of imidazole rings is 1. The molecule has 0 saturated heterocycles. The Balaban J connectivity index is 2.42. The van der Waals surface area contributed by atoms with E-state index in [1.165, 1.54) is 22.7 Å². The Morgan fingerprint density at radius 3 is 2.89 bits per heavy atom. The lowest BCUT2D eigenvalue weighted by molar-refractivity contribution is 0.0685. The first-order chi connectivity index (χ1) is 8.68. The highest BCUT2D eigenvalue weighted by atomic mass is 16.4. The minimum atomic E-state index is -1.27. The number of hydrogen-bond donors (Lipinski definition) is 3. The molecule has 0 saturated carbocycles. The molecule has 18 heavy (non-hydrogen) atoms. The zero-order chi connectivity index (χ0) is 12.7. The van der Waals surface area contributed by atoms with Gasteiger partial charge < -0.3 is 10.2 Å². The molecule has 3 N–H and O–H groups in total. The van der Waals surface area contributed by atoms with Crippen molar-refractivity contribution >= 4 is 11.6 Å². The first kappa shape index (κ1) is 10.2. The van der Waals surface area contributed by atoms with Crippen molar-refractivity contribution in [2.24, 2.45) is 0 Å². The van der Waals surface area contributed by atoms with Crippen LogP contribution in [0.4, 0.5) is 0 Å². The van der Waals surface area contributed by atoms with Crippen LogP contribution in [0.5, 0.6) is 5.75 Å². The maximum Gasteiger partial charge on any atom is 0.356 e. The van der Waals surface area contributed by atoms with E-state index in [9.17, 15) is 9.90 Å². The summed E-state index contributed by atoms with van der Waals surface area (Å²) in [5.41, 5.74) is 0.427. The molecular weight excluding hydrogens is 240 g/mol. The van der Waals surface area contributed by atoms with Crippen molar-refractivity contribution in [3.05, 3.63) is 24.0 Å². The van der Waals surface area contributed by atoms with Crippen LogP contribution in [0.3, 0.4) is 0 Å². The monoisotopic (exact) mass is 246 g/mol. The number of carbonyl (C=O) groups is 1. The van der Waals surface area contributed by atoms with Crippen LogP contribution in [0, 0.1) is 0 Å². The van der Waals surface area contributed by atoms with E-state index < -0.39 is 5.97 Å². The summed E-state index contributed by atoms with van der Waals surface area (Å²) in [6.45, 7) is 0. The largest absolute Gasteiger partial charge is 0.505 e. The average molecular weight is 246 g/mol. The van der Waals surface area contributed by atoms with Gasteiger partial charge in [0.2, 0.25) is 0 Å². The van der Waals surface area contributed by atoms with Crippen molar-refractivity contribution in [3.8, 4) is 17.3 Å². The molecule has 0 atom stereocenters. The molecule has 0 aliphatic rings. The van der Waals surface area contributed by atoms with E-state index in [0.29, 0.717) is 11.3 Å². The number of fused-ring (bicyclic) bond motifs is 1. The van der Waals surface area contributed by atoms with E-state index in [0.717, 1.165) is 0 Å². The molecule has 0 unspecified atom stereocenters. The number of aromatic nitrogens is 6. The smallest absolute Gasteiger partial charge is 0.356 e. The quantitative estimate of drug-likeness (QED) is 0.576. The molecule has 0 spiro atoms. The van der Waals surface area contributed by atoms with Crippen LogP contribution in [-0.2, 0) is 0 Å². The van der Waals surface area contributed by atoms with Crippen LogP contribution >= 0.6 is 0 Å². The van der Waals surface area contributed by atoms with Gasteiger partial charge >= 0.3 is 5.97 Å². The maximum absolute atomic E-state index is 11.2. The Labute approximate surface area is 98.7 Å². The number of H-pyrrole nitrogens is 1. The van der Waals surface area contributed by atoms with Gasteiger partial charge in [-0.25, -0.2) is 14.9 Å². The van der Waals surface area contributed by atoms with Gasteiger partial charge in [-0.05, 0) is 22.6 Å². The molecule has 3 aromatic heterocycles. The summed E-state index contributed by atoms with van der Waals surface area (Å²) in [4.78, 5) is 15.2. The third-order valence-corrected chi connectivity index (χ3v) is 2.44. The second kappa shape index (κ2) is 3.52.